The van der Waals surface area contributed by atoms with Gasteiger partial charge in [0.1, 0.15) is 12.1 Å². The number of urea groups is 1. The zero-order valence-electron chi connectivity index (χ0n) is 43.0. The van der Waals surface area contributed by atoms with Crippen LogP contribution in [0.2, 0.25) is 0 Å². The minimum Gasteiger partial charge on any atom is -0.481 e. The number of fused-ring (bicyclic) bond motifs is 1. The second-order valence-corrected chi connectivity index (χ2v) is 20.2. The Morgan fingerprint density at radius 2 is 1.44 bits per heavy atom. The lowest BCUT2D eigenvalue weighted by atomic mass is 9.90. The summed E-state index contributed by atoms with van der Waals surface area (Å²) in [6, 6.07) is 8.10. The van der Waals surface area contributed by atoms with Crippen molar-refractivity contribution in [2.75, 3.05) is 41.3 Å². The molecular weight excluding hydrogens is 973 g/mol. The first-order valence-corrected chi connectivity index (χ1v) is 25.4. The molecule has 0 bridgehead atoms. The summed E-state index contributed by atoms with van der Waals surface area (Å²) in [5, 5.41) is 39.3. The Morgan fingerprint density at radius 3 is 2.07 bits per heavy atom. The maximum Gasteiger partial charge on any atom is 0.319 e. The van der Waals surface area contributed by atoms with Crippen LogP contribution in [-0.2, 0) is 38.4 Å². The number of hydrogen-bond acceptors (Lipinski definition) is 13. The summed E-state index contributed by atoms with van der Waals surface area (Å²) in [5.74, 6) is -11.0. The van der Waals surface area contributed by atoms with Gasteiger partial charge < -0.3 is 63.6 Å². The van der Waals surface area contributed by atoms with E-state index in [9.17, 15) is 63.3 Å². The first-order valence-electron chi connectivity index (χ1n) is 25.4. The number of guanidine groups is 1. The van der Waals surface area contributed by atoms with Gasteiger partial charge in [-0.15, -0.1) is 0 Å². The van der Waals surface area contributed by atoms with Crippen molar-refractivity contribution in [2.24, 2.45) is 39.4 Å². The third kappa shape index (κ3) is 19.1. The number of carboxylic acid groups (broad SMARTS) is 3. The van der Waals surface area contributed by atoms with Crippen molar-refractivity contribution in [3.8, 4) is 0 Å². The lowest BCUT2D eigenvalue weighted by Gasteiger charge is -2.37. The van der Waals surface area contributed by atoms with Crippen molar-refractivity contribution in [3.05, 3.63) is 54.1 Å². The summed E-state index contributed by atoms with van der Waals surface area (Å²) in [6.07, 6.45) is 2.64. The van der Waals surface area contributed by atoms with E-state index < -0.39 is 114 Å². The van der Waals surface area contributed by atoms with Gasteiger partial charge in [0.05, 0.1) is 36.3 Å². The summed E-state index contributed by atoms with van der Waals surface area (Å²) < 4.78 is 0. The molecule has 410 valence electrons. The molecule has 23 nitrogen and oxygen atoms in total. The molecule has 1 saturated carbocycles. The third-order valence-corrected chi connectivity index (χ3v) is 13.3. The van der Waals surface area contributed by atoms with Crippen LogP contribution in [0.3, 0.4) is 0 Å². The van der Waals surface area contributed by atoms with Crippen LogP contribution < -0.4 is 48.3 Å². The molecule has 4 rings (SSSR count). The van der Waals surface area contributed by atoms with Crippen LogP contribution in [0.25, 0.3) is 0 Å². The highest BCUT2D eigenvalue weighted by molar-refractivity contribution is 6.08. The summed E-state index contributed by atoms with van der Waals surface area (Å²) in [4.78, 5) is 140. The fourth-order valence-electron chi connectivity index (χ4n) is 9.05. The van der Waals surface area contributed by atoms with E-state index in [-0.39, 0.29) is 80.9 Å². The lowest BCUT2D eigenvalue weighted by molar-refractivity contribution is -0.145. The van der Waals surface area contributed by atoms with Crippen LogP contribution in [0.4, 0.5) is 21.9 Å². The molecule has 5 amide bonds. The molecule has 2 aromatic rings. The Balaban J connectivity index is 1.55. The Hall–Kier alpha value is -7.43. The normalized spacial score (nSPS) is 16.4. The number of carbonyl (C=O) groups excluding carboxylic acids is 7. The summed E-state index contributed by atoms with van der Waals surface area (Å²) >= 11 is 0. The average molecular weight is 1050 g/mol. The predicted octanol–water partition coefficient (Wildman–Crippen LogP) is 3.32. The smallest absolute Gasteiger partial charge is 0.319 e. The van der Waals surface area contributed by atoms with Crippen LogP contribution in [0.15, 0.2) is 53.5 Å². The minimum atomic E-state index is -1.70. The number of nitrogens with zero attached hydrogens (tertiary/aromatic N) is 3. The first-order chi connectivity index (χ1) is 35.5. The highest BCUT2D eigenvalue weighted by Gasteiger charge is 2.40. The van der Waals surface area contributed by atoms with Gasteiger partial charge in [0.25, 0.3) is 5.91 Å². The van der Waals surface area contributed by atoms with Gasteiger partial charge in [0.15, 0.2) is 23.3 Å². The van der Waals surface area contributed by atoms with Crippen molar-refractivity contribution in [2.45, 2.75) is 141 Å². The van der Waals surface area contributed by atoms with Crippen molar-refractivity contribution in [1.29, 1.82) is 0 Å². The number of para-hydroxylation sites is 2. The number of aliphatic carboxylic acids is 3. The molecule has 5 atom stereocenters. The number of Topliss-reactive ketones (excluding diaryl/α,β-unsaturated/α-hetero) is 3. The average Bonchev–Trinajstić information content (AvgIpc) is 3.45. The molecule has 23 heteroatoms. The van der Waals surface area contributed by atoms with Crippen molar-refractivity contribution >= 4 is 82.0 Å². The second kappa shape index (κ2) is 28.9. The number of ketones is 3. The number of benzene rings is 2. The number of aliphatic imine (C=N–C) groups is 1. The summed E-state index contributed by atoms with van der Waals surface area (Å²) in [7, 11) is 0. The quantitative estimate of drug-likeness (QED) is 0.0242. The first kappa shape index (κ1) is 60.1. The largest absolute Gasteiger partial charge is 0.481 e. The molecule has 1 fully saturated rings. The number of rotatable bonds is 29. The Labute approximate surface area is 436 Å². The lowest BCUT2D eigenvalue weighted by Crippen LogP contribution is -2.55. The van der Waals surface area contributed by atoms with Gasteiger partial charge in [-0.3, -0.25) is 48.1 Å². The topological polar surface area (TPSA) is 376 Å². The Kier molecular flexibility index (Phi) is 23.1. The highest BCUT2D eigenvalue weighted by Crippen LogP contribution is 2.38. The number of carbonyl (C=O) groups is 10. The van der Waals surface area contributed by atoms with E-state index in [2.05, 4.69) is 31.2 Å². The van der Waals surface area contributed by atoms with Gasteiger partial charge in [0, 0.05) is 61.0 Å². The van der Waals surface area contributed by atoms with Gasteiger partial charge in [-0.2, -0.15) is 0 Å². The number of carboxylic acids is 3. The fraction of sp³-hybridized carbons (Fsp3) is 0.558. The SMILES string of the molecule is CC(C)(C)C(=O)CN1C(=O)[C@H](NC(=O)Nc2cccc(C(=O)C[C@@H](CCC(=O)O)C(=O)N[C@@H](CCCN=C(N)N)C(=O)N[C@H](CC(=O)O)C(=O)C[C@@H](CCCCN)C(=O)O)c2)CN(C2CCCCC2)c2ccccc21. The van der Waals surface area contributed by atoms with Crippen molar-refractivity contribution < 1.29 is 63.3 Å². The number of unbranched alkanes of at least 4 members (excludes halogenated alkanes) is 1. The van der Waals surface area contributed by atoms with Crippen LogP contribution >= 0.6 is 0 Å². The summed E-state index contributed by atoms with van der Waals surface area (Å²) in [6.45, 7) is 5.48. The van der Waals surface area contributed by atoms with Crippen LogP contribution in [0, 0.1) is 17.3 Å². The second-order valence-electron chi connectivity index (χ2n) is 20.2. The molecule has 1 heterocycles. The molecule has 0 saturated heterocycles. The molecule has 1 aliphatic heterocycles. The molecule has 13 N–H and O–H groups in total. The van der Waals surface area contributed by atoms with Crippen LogP contribution in [-0.4, -0.2) is 131 Å². The van der Waals surface area contributed by atoms with E-state index in [0.29, 0.717) is 18.5 Å². The monoisotopic (exact) mass is 1050 g/mol. The molecule has 0 radical (unpaired) electrons. The van der Waals surface area contributed by atoms with E-state index in [1.807, 2.05) is 12.1 Å². The Bertz CT molecular complexity index is 2410. The zero-order valence-corrected chi connectivity index (χ0v) is 43.0. The van der Waals surface area contributed by atoms with Crippen LogP contribution in [0.1, 0.15) is 127 Å². The minimum absolute atomic E-state index is 0.0153. The number of amides is 5. The summed E-state index contributed by atoms with van der Waals surface area (Å²) in [5.41, 5.74) is 17.1. The number of anilines is 3. The van der Waals surface area contributed by atoms with Crippen molar-refractivity contribution in [1.82, 2.24) is 16.0 Å². The molecule has 0 aromatic heterocycles. The van der Waals surface area contributed by atoms with E-state index in [4.69, 9.17) is 17.2 Å². The number of hydrogen-bond donors (Lipinski definition) is 10. The molecule has 0 unspecified atom stereocenters. The zero-order chi connectivity index (χ0) is 55.4. The molecular formula is C52H74N10O13. The van der Waals surface area contributed by atoms with Gasteiger partial charge >= 0.3 is 23.9 Å². The maximum absolute atomic E-state index is 14.5. The van der Waals surface area contributed by atoms with E-state index in [1.54, 1.807) is 32.9 Å². The van der Waals surface area contributed by atoms with Gasteiger partial charge in [0.2, 0.25) is 11.8 Å². The fourth-order valence-corrected chi connectivity index (χ4v) is 9.05. The third-order valence-electron chi connectivity index (χ3n) is 13.3. The van der Waals surface area contributed by atoms with Gasteiger partial charge in [-0.1, -0.05) is 70.7 Å². The molecule has 2 aliphatic rings. The van der Waals surface area contributed by atoms with E-state index >= 15 is 0 Å². The number of nitrogens with two attached hydrogens (primary N) is 3. The molecule has 2 aromatic carbocycles. The molecule has 1 aliphatic carbocycles. The van der Waals surface area contributed by atoms with E-state index in [0.717, 1.165) is 37.8 Å². The molecule has 75 heavy (non-hydrogen) atoms. The maximum atomic E-state index is 14.5. The standard InChI is InChI=1S/C52H74N10O13/c1-52(2,3)43(65)30-62-40-20-8-7-19-39(40)61(35-16-5-4-6-17-35)29-38(48(62)72)60-51(75)57-34-15-11-14-31(25-34)41(63)26-32(21-22-44(66)67)46(70)58-36(18-12-24-56-50(54)55)47(71)59-37(28-45(68)69)42(64)27-33(49(73)74)13-9-10-23-53/h7-8,11,14-15,19-20,25,32-33,35-38H,4-6,9-10,12-13,16-18,21-24,26-30,53H2,1-3H3,(H,58,70)(H,59,71)(H,66,67)(H,68,69)(H,73,74)(H4,54,55,56)(H2,57,60,75)/t32-,33-,36+,37-,38-/m1/s1. The molecule has 0 spiro atoms. The van der Waals surface area contributed by atoms with Crippen molar-refractivity contribution in [3.63, 3.8) is 0 Å². The van der Waals surface area contributed by atoms with Gasteiger partial charge in [-0.25, -0.2) is 4.79 Å². The van der Waals surface area contributed by atoms with Gasteiger partial charge in [-0.05, 0) is 75.8 Å². The predicted molar refractivity (Wildman–Crippen MR) is 279 cm³/mol. The Morgan fingerprint density at radius 1 is 0.760 bits per heavy atom. The highest BCUT2D eigenvalue weighted by atomic mass is 16.4. The van der Waals surface area contributed by atoms with E-state index in [1.165, 1.54) is 29.2 Å². The number of nitrogens with one attached hydrogen (secondary N) is 4. The van der Waals surface area contributed by atoms with Crippen LogP contribution in [0.5, 0.6) is 0 Å².